The van der Waals surface area contributed by atoms with Crippen LogP contribution in [-0.2, 0) is 4.74 Å². The van der Waals surface area contributed by atoms with Gasteiger partial charge in [0.2, 0.25) is 0 Å². The van der Waals surface area contributed by atoms with E-state index >= 15 is 0 Å². The van der Waals surface area contributed by atoms with Crippen molar-refractivity contribution in [3.05, 3.63) is 12.3 Å². The van der Waals surface area contributed by atoms with Gasteiger partial charge in [-0.05, 0) is 5.92 Å². The number of hydrogen-bond donors (Lipinski definition) is 0. The summed E-state index contributed by atoms with van der Waals surface area (Å²) < 4.78 is 28.2. The molecule has 0 amide bonds. The first kappa shape index (κ1) is 10.4. The fourth-order valence-corrected chi connectivity index (χ4v) is 0.430. The molecule has 66 valence electrons. The fraction of sp³-hybridized carbons (Fsp3) is 0.750. The van der Waals surface area contributed by atoms with Gasteiger partial charge in [0, 0.05) is 0 Å². The number of hydrogen-bond acceptors (Lipinski definition) is 1. The minimum absolute atomic E-state index is 0.311. The van der Waals surface area contributed by atoms with E-state index in [1.807, 2.05) is 13.8 Å². The summed E-state index contributed by atoms with van der Waals surface area (Å²) in [6.07, 6.45) is -1.63. The van der Waals surface area contributed by atoms with E-state index < -0.39 is 12.2 Å². The summed E-state index contributed by atoms with van der Waals surface area (Å²) in [5, 5.41) is 0. The van der Waals surface area contributed by atoms with Gasteiger partial charge < -0.3 is 4.74 Å². The molecule has 0 fully saturated rings. The zero-order chi connectivity index (χ0) is 8.85. The van der Waals surface area contributed by atoms with Crippen LogP contribution in [0.5, 0.6) is 0 Å². The standard InChI is InChI=1S/C8H14F2O/c1-4-6(2)5-11-7(3)8(9)10/h6,8H,3-5H2,1-2H3. The van der Waals surface area contributed by atoms with E-state index in [2.05, 4.69) is 6.58 Å². The van der Waals surface area contributed by atoms with Crippen molar-refractivity contribution in [3.63, 3.8) is 0 Å². The smallest absolute Gasteiger partial charge is 0.294 e. The minimum atomic E-state index is -2.56. The van der Waals surface area contributed by atoms with Gasteiger partial charge in [-0.15, -0.1) is 0 Å². The van der Waals surface area contributed by atoms with Crippen LogP contribution in [0.2, 0.25) is 0 Å². The van der Waals surface area contributed by atoms with Crippen molar-refractivity contribution >= 4 is 0 Å². The molecule has 0 saturated heterocycles. The number of rotatable bonds is 5. The van der Waals surface area contributed by atoms with Gasteiger partial charge in [-0.1, -0.05) is 26.8 Å². The molecule has 1 unspecified atom stereocenters. The molecule has 1 atom stereocenters. The Morgan fingerprint density at radius 1 is 1.55 bits per heavy atom. The molecule has 0 radical (unpaired) electrons. The summed E-state index contributed by atoms with van der Waals surface area (Å²) in [6, 6.07) is 0. The van der Waals surface area contributed by atoms with Crippen molar-refractivity contribution < 1.29 is 13.5 Å². The van der Waals surface area contributed by atoms with Gasteiger partial charge in [0.15, 0.2) is 5.76 Å². The summed E-state index contributed by atoms with van der Waals surface area (Å²) in [5.41, 5.74) is 0. The normalized spacial score (nSPS) is 13.2. The van der Waals surface area contributed by atoms with E-state index in [-0.39, 0.29) is 0 Å². The Hall–Kier alpha value is -0.600. The molecule has 0 aliphatic carbocycles. The summed E-state index contributed by atoms with van der Waals surface area (Å²) in [6.45, 7) is 7.35. The molecule has 0 aliphatic rings. The van der Waals surface area contributed by atoms with Gasteiger partial charge in [0.1, 0.15) is 0 Å². The molecule has 11 heavy (non-hydrogen) atoms. The van der Waals surface area contributed by atoms with Gasteiger partial charge in [-0.2, -0.15) is 0 Å². The van der Waals surface area contributed by atoms with E-state index in [9.17, 15) is 8.78 Å². The second-order valence-electron chi connectivity index (χ2n) is 2.59. The van der Waals surface area contributed by atoms with Crippen molar-refractivity contribution in [2.24, 2.45) is 5.92 Å². The topological polar surface area (TPSA) is 9.23 Å². The molecule has 0 aromatic rings. The van der Waals surface area contributed by atoms with E-state index in [1.54, 1.807) is 0 Å². The van der Waals surface area contributed by atoms with Crippen LogP contribution in [0.25, 0.3) is 0 Å². The number of halogens is 2. The Kier molecular flexibility index (Phi) is 4.83. The maximum absolute atomic E-state index is 11.8. The molecule has 0 N–H and O–H groups in total. The van der Waals surface area contributed by atoms with Crippen molar-refractivity contribution in [2.75, 3.05) is 6.61 Å². The maximum atomic E-state index is 11.8. The maximum Gasteiger partial charge on any atom is 0.294 e. The minimum Gasteiger partial charge on any atom is -0.492 e. The number of allylic oxidation sites excluding steroid dienone is 1. The third-order valence-corrected chi connectivity index (χ3v) is 1.49. The summed E-state index contributed by atoms with van der Waals surface area (Å²) in [7, 11) is 0. The molecular weight excluding hydrogens is 150 g/mol. The lowest BCUT2D eigenvalue weighted by atomic mass is 10.1. The fourth-order valence-electron chi connectivity index (χ4n) is 0.430. The third kappa shape index (κ3) is 4.76. The highest BCUT2D eigenvalue weighted by atomic mass is 19.3. The molecule has 0 saturated carbocycles. The molecule has 0 heterocycles. The van der Waals surface area contributed by atoms with Crippen molar-refractivity contribution in [3.8, 4) is 0 Å². The van der Waals surface area contributed by atoms with Crippen LogP contribution in [-0.4, -0.2) is 13.0 Å². The Morgan fingerprint density at radius 3 is 2.45 bits per heavy atom. The molecule has 0 spiro atoms. The molecule has 0 aromatic heterocycles. The molecule has 3 heteroatoms. The van der Waals surface area contributed by atoms with Gasteiger partial charge in [0.05, 0.1) is 6.61 Å². The average molecular weight is 164 g/mol. The first-order chi connectivity index (χ1) is 5.07. The van der Waals surface area contributed by atoms with E-state index in [0.717, 1.165) is 6.42 Å². The quantitative estimate of drug-likeness (QED) is 0.568. The van der Waals surface area contributed by atoms with Crippen LogP contribution in [0, 0.1) is 5.92 Å². The third-order valence-electron chi connectivity index (χ3n) is 1.49. The van der Waals surface area contributed by atoms with Crippen molar-refractivity contribution in [2.45, 2.75) is 26.7 Å². The summed E-state index contributed by atoms with van der Waals surface area (Å²) >= 11 is 0. The number of alkyl halides is 2. The highest BCUT2D eigenvalue weighted by Crippen LogP contribution is 2.10. The van der Waals surface area contributed by atoms with Crippen LogP contribution in [0.4, 0.5) is 8.78 Å². The summed E-state index contributed by atoms with van der Waals surface area (Å²) in [5.74, 6) is -0.115. The van der Waals surface area contributed by atoms with Crippen molar-refractivity contribution in [1.82, 2.24) is 0 Å². The highest BCUT2D eigenvalue weighted by Gasteiger charge is 2.10. The Labute approximate surface area is 66.0 Å². The second kappa shape index (κ2) is 5.10. The Bertz CT molecular complexity index is 123. The van der Waals surface area contributed by atoms with Crippen LogP contribution < -0.4 is 0 Å². The van der Waals surface area contributed by atoms with Crippen LogP contribution in [0.3, 0.4) is 0 Å². The van der Waals surface area contributed by atoms with Crippen LogP contribution in [0.1, 0.15) is 20.3 Å². The monoisotopic (exact) mass is 164 g/mol. The summed E-state index contributed by atoms with van der Waals surface area (Å²) in [4.78, 5) is 0. The molecule has 0 aromatic carbocycles. The van der Waals surface area contributed by atoms with E-state index in [1.165, 1.54) is 0 Å². The molecule has 1 nitrogen and oxygen atoms in total. The van der Waals surface area contributed by atoms with E-state index in [4.69, 9.17) is 4.74 Å². The average Bonchev–Trinajstić information content (AvgIpc) is 1.99. The molecule has 0 bridgehead atoms. The first-order valence-electron chi connectivity index (χ1n) is 3.67. The molecule has 0 aliphatic heterocycles. The van der Waals surface area contributed by atoms with Gasteiger partial charge in [-0.25, -0.2) is 8.78 Å². The van der Waals surface area contributed by atoms with Crippen molar-refractivity contribution in [1.29, 1.82) is 0 Å². The van der Waals surface area contributed by atoms with Gasteiger partial charge >= 0.3 is 0 Å². The molecular formula is C8H14F2O. The van der Waals surface area contributed by atoms with Gasteiger partial charge in [0.25, 0.3) is 6.43 Å². The lowest BCUT2D eigenvalue weighted by Crippen LogP contribution is -2.08. The zero-order valence-corrected chi connectivity index (χ0v) is 6.94. The lowest BCUT2D eigenvalue weighted by molar-refractivity contribution is 0.0700. The first-order valence-corrected chi connectivity index (χ1v) is 3.67. The second-order valence-corrected chi connectivity index (χ2v) is 2.59. The van der Waals surface area contributed by atoms with E-state index in [0.29, 0.717) is 12.5 Å². The van der Waals surface area contributed by atoms with Crippen LogP contribution >= 0.6 is 0 Å². The molecule has 0 rings (SSSR count). The zero-order valence-electron chi connectivity index (χ0n) is 6.94. The Balaban J connectivity index is 3.46. The number of ether oxygens (including phenoxy) is 1. The largest absolute Gasteiger partial charge is 0.492 e. The van der Waals surface area contributed by atoms with Gasteiger partial charge in [-0.3, -0.25) is 0 Å². The van der Waals surface area contributed by atoms with Crippen LogP contribution in [0.15, 0.2) is 12.3 Å². The predicted octanol–water partition coefficient (Wildman–Crippen LogP) is 2.83. The SMILES string of the molecule is C=C(OCC(C)CC)C(F)F. The lowest BCUT2D eigenvalue weighted by Gasteiger charge is -2.11. The Morgan fingerprint density at radius 2 is 2.09 bits per heavy atom. The highest BCUT2D eigenvalue weighted by molar-refractivity contribution is 4.85. The predicted molar refractivity (Wildman–Crippen MR) is 40.6 cm³/mol.